The molecule has 1 heterocycles. The van der Waals surface area contributed by atoms with Gasteiger partial charge in [0.2, 0.25) is 0 Å². The van der Waals surface area contributed by atoms with E-state index < -0.39 is 11.9 Å². The minimum Gasteiger partial charge on any atom is -0.386 e. The van der Waals surface area contributed by atoms with Gasteiger partial charge < -0.3 is 20.5 Å². The molecule has 0 bridgehead atoms. The average Bonchev–Trinajstić information content (AvgIpc) is 2.43. The highest BCUT2D eigenvalue weighted by atomic mass is 35.5. The fraction of sp³-hybridized carbons (Fsp3) is 0.500. The normalized spacial score (nSPS) is 21.4. The molecule has 2 unspecified atom stereocenters. The zero-order valence-corrected chi connectivity index (χ0v) is 12.6. The quantitative estimate of drug-likeness (QED) is 0.656. The highest BCUT2D eigenvalue weighted by molar-refractivity contribution is 6.30. The highest BCUT2D eigenvalue weighted by Crippen LogP contribution is 2.20. The molecule has 7 heteroatoms. The smallest absolute Gasteiger partial charge is 0.191 e. The number of hydrogen-bond donors (Lipinski definition) is 2. The summed E-state index contributed by atoms with van der Waals surface area (Å²) in [7, 11) is 0. The van der Waals surface area contributed by atoms with E-state index in [9.17, 15) is 9.50 Å². The van der Waals surface area contributed by atoms with Gasteiger partial charge in [-0.1, -0.05) is 11.6 Å². The summed E-state index contributed by atoms with van der Waals surface area (Å²) in [4.78, 5) is 6.07. The Bertz CT molecular complexity index is 507. The van der Waals surface area contributed by atoms with Crippen LogP contribution in [0.3, 0.4) is 0 Å². The van der Waals surface area contributed by atoms with Gasteiger partial charge in [-0.3, -0.25) is 4.99 Å². The van der Waals surface area contributed by atoms with Crippen LogP contribution in [0, 0.1) is 5.82 Å². The largest absolute Gasteiger partial charge is 0.386 e. The van der Waals surface area contributed by atoms with Crippen molar-refractivity contribution in [3.8, 4) is 0 Å². The Kier molecular flexibility index (Phi) is 5.39. The van der Waals surface area contributed by atoms with Crippen LogP contribution in [0.15, 0.2) is 23.2 Å². The van der Waals surface area contributed by atoms with Gasteiger partial charge in [0, 0.05) is 18.1 Å². The van der Waals surface area contributed by atoms with Crippen LogP contribution in [0.25, 0.3) is 0 Å². The third-order valence-electron chi connectivity index (χ3n) is 3.26. The zero-order valence-electron chi connectivity index (χ0n) is 11.8. The van der Waals surface area contributed by atoms with Crippen LogP contribution in [0.1, 0.15) is 18.6 Å². The van der Waals surface area contributed by atoms with Gasteiger partial charge in [-0.2, -0.15) is 0 Å². The maximum absolute atomic E-state index is 13.2. The number of guanidine groups is 1. The van der Waals surface area contributed by atoms with Crippen LogP contribution in [0.5, 0.6) is 0 Å². The monoisotopic (exact) mass is 315 g/mol. The summed E-state index contributed by atoms with van der Waals surface area (Å²) in [5.74, 6) is -0.137. The van der Waals surface area contributed by atoms with Crippen molar-refractivity contribution >= 4 is 17.6 Å². The number of hydrogen-bond acceptors (Lipinski definition) is 3. The van der Waals surface area contributed by atoms with Crippen molar-refractivity contribution in [3.63, 3.8) is 0 Å². The number of benzene rings is 1. The molecule has 21 heavy (non-hydrogen) atoms. The fourth-order valence-corrected chi connectivity index (χ4v) is 2.41. The van der Waals surface area contributed by atoms with E-state index in [1.807, 2.05) is 11.8 Å². The first-order valence-electron chi connectivity index (χ1n) is 6.76. The Balaban J connectivity index is 1.98. The van der Waals surface area contributed by atoms with Gasteiger partial charge in [-0.25, -0.2) is 4.39 Å². The molecule has 3 N–H and O–H groups in total. The number of rotatable bonds is 3. The fourth-order valence-electron chi connectivity index (χ4n) is 2.18. The third-order valence-corrected chi connectivity index (χ3v) is 3.48. The summed E-state index contributed by atoms with van der Waals surface area (Å²) < 4.78 is 18.7. The van der Waals surface area contributed by atoms with E-state index in [4.69, 9.17) is 22.1 Å². The molecule has 1 aliphatic rings. The van der Waals surface area contributed by atoms with Gasteiger partial charge in [0.1, 0.15) is 5.82 Å². The summed E-state index contributed by atoms with van der Waals surface area (Å²) in [6.07, 6.45) is -0.852. The molecular formula is C14H19ClFN3O2. The van der Waals surface area contributed by atoms with Crippen LogP contribution in [-0.4, -0.2) is 48.3 Å². The average molecular weight is 316 g/mol. The lowest BCUT2D eigenvalue weighted by Crippen LogP contribution is -2.48. The standard InChI is InChI=1S/C14H19ClFN3O2/c1-9-8-19(2-3-21-9)14(17)18-7-13(20)10-4-11(15)6-12(16)5-10/h4-6,9,13,20H,2-3,7-8H2,1H3,(H2,17,18). The van der Waals surface area contributed by atoms with Gasteiger partial charge in [0.05, 0.1) is 25.4 Å². The zero-order chi connectivity index (χ0) is 15.4. The van der Waals surface area contributed by atoms with Gasteiger partial charge in [-0.15, -0.1) is 0 Å². The first-order chi connectivity index (χ1) is 9.95. The lowest BCUT2D eigenvalue weighted by atomic mass is 10.1. The van der Waals surface area contributed by atoms with Gasteiger partial charge >= 0.3 is 0 Å². The molecule has 0 saturated carbocycles. The molecule has 0 radical (unpaired) electrons. The summed E-state index contributed by atoms with van der Waals surface area (Å²) in [5, 5.41) is 10.3. The molecule has 2 rings (SSSR count). The Hall–Kier alpha value is -1.37. The van der Waals surface area contributed by atoms with Crippen LogP contribution in [-0.2, 0) is 4.74 Å². The number of nitrogens with zero attached hydrogens (tertiary/aromatic N) is 2. The first-order valence-corrected chi connectivity index (χ1v) is 7.14. The van der Waals surface area contributed by atoms with E-state index >= 15 is 0 Å². The summed E-state index contributed by atoms with van der Waals surface area (Å²) in [6, 6.07) is 3.93. The van der Waals surface area contributed by atoms with Gasteiger partial charge in [-0.05, 0) is 30.7 Å². The molecule has 116 valence electrons. The molecule has 5 nitrogen and oxygen atoms in total. The van der Waals surface area contributed by atoms with Gasteiger partial charge in [0.15, 0.2) is 5.96 Å². The van der Waals surface area contributed by atoms with Crippen LogP contribution in [0.2, 0.25) is 5.02 Å². The summed E-state index contributed by atoms with van der Waals surface area (Å²) >= 11 is 5.76. The van der Waals surface area contributed by atoms with Crippen molar-refractivity contribution in [2.45, 2.75) is 19.1 Å². The number of aliphatic imine (C=N–C) groups is 1. The van der Waals surface area contributed by atoms with Crippen molar-refractivity contribution in [3.05, 3.63) is 34.6 Å². The Morgan fingerprint density at radius 1 is 1.62 bits per heavy atom. The SMILES string of the molecule is CC1CN(C(N)=NCC(O)c2cc(F)cc(Cl)c2)CCO1. The summed E-state index contributed by atoms with van der Waals surface area (Å²) in [5.41, 5.74) is 6.29. The molecule has 0 amide bonds. The lowest BCUT2D eigenvalue weighted by molar-refractivity contribution is 0.00522. The number of aliphatic hydroxyl groups is 1. The number of nitrogens with two attached hydrogens (primary N) is 1. The molecule has 0 spiro atoms. The Labute approximate surface area is 128 Å². The number of ether oxygens (including phenoxy) is 1. The lowest BCUT2D eigenvalue weighted by Gasteiger charge is -2.31. The van der Waals surface area contributed by atoms with Crippen LogP contribution in [0.4, 0.5) is 4.39 Å². The molecule has 1 aromatic carbocycles. The topological polar surface area (TPSA) is 71.1 Å². The highest BCUT2D eigenvalue weighted by Gasteiger charge is 2.18. The minimum absolute atomic E-state index is 0.0529. The molecule has 1 fully saturated rings. The Morgan fingerprint density at radius 2 is 2.38 bits per heavy atom. The minimum atomic E-state index is -0.949. The predicted molar refractivity (Wildman–Crippen MR) is 79.8 cm³/mol. The Morgan fingerprint density at radius 3 is 3.05 bits per heavy atom. The second-order valence-electron chi connectivity index (χ2n) is 5.04. The number of halogens is 2. The molecule has 0 aromatic heterocycles. The van der Waals surface area contributed by atoms with E-state index in [1.165, 1.54) is 18.2 Å². The third kappa shape index (κ3) is 4.56. The van der Waals surface area contributed by atoms with Crippen LogP contribution >= 0.6 is 11.6 Å². The molecule has 1 aliphatic heterocycles. The van der Waals surface area contributed by atoms with E-state index in [0.717, 1.165) is 0 Å². The molecule has 1 saturated heterocycles. The predicted octanol–water partition coefficient (Wildman–Crippen LogP) is 1.55. The summed E-state index contributed by atoms with van der Waals surface area (Å²) in [6.45, 7) is 3.94. The van der Waals surface area contributed by atoms with Gasteiger partial charge in [0.25, 0.3) is 0 Å². The van der Waals surface area contributed by atoms with E-state index in [1.54, 1.807) is 0 Å². The van der Waals surface area contributed by atoms with Crippen LogP contribution < -0.4 is 5.73 Å². The van der Waals surface area contributed by atoms with E-state index in [-0.39, 0.29) is 17.7 Å². The second kappa shape index (κ2) is 7.06. The maximum Gasteiger partial charge on any atom is 0.191 e. The maximum atomic E-state index is 13.2. The number of aliphatic hydroxyl groups excluding tert-OH is 1. The van der Waals surface area contributed by atoms with Crippen molar-refractivity contribution < 1.29 is 14.2 Å². The molecular weight excluding hydrogens is 297 g/mol. The molecule has 2 atom stereocenters. The van der Waals surface area contributed by atoms with Crippen molar-refractivity contribution in [1.29, 1.82) is 0 Å². The molecule has 0 aliphatic carbocycles. The van der Waals surface area contributed by atoms with Crippen molar-refractivity contribution in [1.82, 2.24) is 4.90 Å². The number of morpholine rings is 1. The van der Waals surface area contributed by atoms with E-state index in [2.05, 4.69) is 4.99 Å². The molecule has 1 aromatic rings. The second-order valence-corrected chi connectivity index (χ2v) is 5.48. The van der Waals surface area contributed by atoms with Crippen molar-refractivity contribution in [2.24, 2.45) is 10.7 Å². The first kappa shape index (κ1) is 16.0. The van der Waals surface area contributed by atoms with Crippen molar-refractivity contribution in [2.75, 3.05) is 26.2 Å². The van der Waals surface area contributed by atoms with E-state index in [0.29, 0.717) is 31.2 Å².